The fraction of sp³-hybridized carbons (Fsp3) is 0.727. The van der Waals surface area contributed by atoms with E-state index in [1.54, 1.807) is 0 Å². The summed E-state index contributed by atoms with van der Waals surface area (Å²) in [6.07, 6.45) is 11.8. The Labute approximate surface area is 222 Å². The largest absolute Gasteiger partial charge is 0.393 e. The van der Waals surface area contributed by atoms with Crippen molar-refractivity contribution < 1.29 is 15.0 Å². The Bertz CT molecular complexity index is 1170. The van der Waals surface area contributed by atoms with Gasteiger partial charge in [0, 0.05) is 18.0 Å². The highest BCUT2D eigenvalue weighted by Gasteiger charge is 2.62. The van der Waals surface area contributed by atoms with Crippen molar-refractivity contribution in [1.82, 2.24) is 4.57 Å². The van der Waals surface area contributed by atoms with Crippen molar-refractivity contribution in [2.75, 3.05) is 0 Å². The lowest BCUT2D eigenvalue weighted by Crippen LogP contribution is -2.58. The Morgan fingerprint density at radius 1 is 1.03 bits per heavy atom. The predicted octanol–water partition coefficient (Wildman–Crippen LogP) is 7.00. The van der Waals surface area contributed by atoms with Crippen LogP contribution >= 0.6 is 0 Å². The van der Waals surface area contributed by atoms with Gasteiger partial charge in [-0.05, 0) is 129 Å². The SMILES string of the molecule is Cc1ccc2c(ccn2C(=O)CC[C@@H](C)[C@H]2CC[C@H]3[C@@H]4[C@@H](O)C[C@@H]5C[C@H](O)CC[C@]5(C)[C@H]4CC[C@]23C)c1. The number of fused-ring (bicyclic) bond motifs is 6. The fourth-order valence-corrected chi connectivity index (χ4v) is 10.3. The molecular formula is C33H47NO3. The number of nitrogens with zero attached hydrogens (tertiary/aromatic N) is 1. The first kappa shape index (κ1) is 25.6. The van der Waals surface area contributed by atoms with Gasteiger partial charge in [-0.3, -0.25) is 9.36 Å². The van der Waals surface area contributed by atoms with Crippen LogP contribution in [0.4, 0.5) is 0 Å². The van der Waals surface area contributed by atoms with Crippen LogP contribution in [0.3, 0.4) is 0 Å². The third kappa shape index (κ3) is 4.04. The minimum Gasteiger partial charge on any atom is -0.393 e. The highest BCUT2D eigenvalue weighted by Crippen LogP contribution is 2.68. The Kier molecular flexibility index (Phi) is 6.39. The maximum Gasteiger partial charge on any atom is 0.231 e. The van der Waals surface area contributed by atoms with Crippen LogP contribution in [0.2, 0.25) is 0 Å². The molecule has 1 aromatic carbocycles. The van der Waals surface area contributed by atoms with E-state index in [0.717, 1.165) is 43.0 Å². The normalized spacial score (nSPS) is 42.2. The molecule has 4 aliphatic carbocycles. The van der Waals surface area contributed by atoms with Crippen molar-refractivity contribution in [2.24, 2.45) is 46.3 Å². The van der Waals surface area contributed by atoms with Gasteiger partial charge in [0.05, 0.1) is 17.7 Å². The standard InChI is InChI=1S/C33H47NO3/c1-20-5-9-28-22(17-20)13-16-34(28)30(37)10-6-21(2)25-7-8-26-31-27(12-15-33(25,26)4)32(3)14-11-24(35)18-23(32)19-29(31)36/h5,9,13,16-17,21,23-27,29,31,35-36H,6-8,10-12,14-15,18-19H2,1-4H3/t21-,23+,24-,25-,26+,27+,29+,31+,32+,33-/m1/s1. The summed E-state index contributed by atoms with van der Waals surface area (Å²) in [6.45, 7) is 9.49. The topological polar surface area (TPSA) is 62.5 Å². The number of carbonyl (C=O) groups excluding carboxylic acids is 1. The van der Waals surface area contributed by atoms with E-state index in [2.05, 4.69) is 52.0 Å². The third-order valence-electron chi connectivity index (χ3n) is 12.3. The van der Waals surface area contributed by atoms with Crippen LogP contribution in [-0.4, -0.2) is 32.9 Å². The summed E-state index contributed by atoms with van der Waals surface area (Å²) in [5, 5.41) is 23.0. The lowest BCUT2D eigenvalue weighted by atomic mass is 9.43. The average Bonchev–Trinajstić information content (AvgIpc) is 3.44. The van der Waals surface area contributed by atoms with Crippen molar-refractivity contribution in [3.8, 4) is 0 Å². The molecule has 0 unspecified atom stereocenters. The summed E-state index contributed by atoms with van der Waals surface area (Å²) >= 11 is 0. The molecule has 10 atom stereocenters. The van der Waals surface area contributed by atoms with Gasteiger partial charge in [0.15, 0.2) is 0 Å². The first-order chi connectivity index (χ1) is 17.6. The number of aliphatic hydroxyl groups is 2. The molecule has 0 bridgehead atoms. The number of hydrogen-bond donors (Lipinski definition) is 2. The summed E-state index contributed by atoms with van der Waals surface area (Å²) < 4.78 is 1.85. The van der Waals surface area contributed by atoms with Crippen molar-refractivity contribution in [3.63, 3.8) is 0 Å². The van der Waals surface area contributed by atoms with Gasteiger partial charge in [-0.2, -0.15) is 0 Å². The summed E-state index contributed by atoms with van der Waals surface area (Å²) in [5.41, 5.74) is 2.78. The van der Waals surface area contributed by atoms with E-state index in [-0.39, 0.29) is 28.9 Å². The second kappa shape index (κ2) is 9.23. The maximum atomic E-state index is 13.2. The second-order valence-electron chi connectivity index (χ2n) is 14.1. The first-order valence-electron chi connectivity index (χ1n) is 15.1. The molecule has 0 aliphatic heterocycles. The second-order valence-corrected chi connectivity index (χ2v) is 14.1. The monoisotopic (exact) mass is 505 g/mol. The summed E-state index contributed by atoms with van der Waals surface area (Å²) in [5.74, 6) is 3.39. The quantitative estimate of drug-likeness (QED) is 0.470. The third-order valence-corrected chi connectivity index (χ3v) is 12.3. The highest BCUT2D eigenvalue weighted by molar-refractivity contribution is 5.92. The number of carbonyl (C=O) groups is 1. The van der Waals surface area contributed by atoms with Crippen LogP contribution in [-0.2, 0) is 0 Å². The summed E-state index contributed by atoms with van der Waals surface area (Å²) in [7, 11) is 0. The van der Waals surface area contributed by atoms with Crippen molar-refractivity contribution in [3.05, 3.63) is 36.0 Å². The summed E-state index contributed by atoms with van der Waals surface area (Å²) in [4.78, 5) is 13.2. The lowest BCUT2D eigenvalue weighted by molar-refractivity contribution is -0.174. The Morgan fingerprint density at radius 3 is 2.59 bits per heavy atom. The Balaban J connectivity index is 1.15. The number of benzene rings is 1. The molecule has 4 aliphatic rings. The van der Waals surface area contributed by atoms with Gasteiger partial charge in [-0.1, -0.05) is 32.4 Å². The molecule has 0 spiro atoms. The van der Waals surface area contributed by atoms with Crippen LogP contribution in [0.25, 0.3) is 10.9 Å². The van der Waals surface area contributed by atoms with Gasteiger partial charge >= 0.3 is 0 Å². The maximum absolute atomic E-state index is 13.2. The van der Waals surface area contributed by atoms with Gasteiger partial charge in [0.25, 0.3) is 0 Å². The van der Waals surface area contributed by atoms with E-state index in [4.69, 9.17) is 0 Å². The van der Waals surface area contributed by atoms with Gasteiger partial charge in [0.2, 0.25) is 5.91 Å². The number of hydrogen-bond acceptors (Lipinski definition) is 3. The first-order valence-corrected chi connectivity index (χ1v) is 15.1. The minimum atomic E-state index is -0.223. The predicted molar refractivity (Wildman–Crippen MR) is 148 cm³/mol. The van der Waals surface area contributed by atoms with E-state index in [1.165, 1.54) is 31.2 Å². The summed E-state index contributed by atoms with van der Waals surface area (Å²) in [6, 6.07) is 8.36. The molecule has 2 aromatic rings. The molecule has 37 heavy (non-hydrogen) atoms. The van der Waals surface area contributed by atoms with Gasteiger partial charge < -0.3 is 10.2 Å². The highest BCUT2D eigenvalue weighted by atomic mass is 16.3. The van der Waals surface area contributed by atoms with E-state index in [9.17, 15) is 15.0 Å². The van der Waals surface area contributed by atoms with Crippen LogP contribution in [0.1, 0.15) is 95.3 Å². The number of aromatic nitrogens is 1. The van der Waals surface area contributed by atoms with Crippen LogP contribution < -0.4 is 0 Å². The molecule has 0 amide bonds. The Morgan fingerprint density at radius 2 is 1.78 bits per heavy atom. The molecule has 4 nitrogen and oxygen atoms in total. The van der Waals surface area contributed by atoms with E-state index in [0.29, 0.717) is 41.9 Å². The molecule has 1 aromatic heterocycles. The van der Waals surface area contributed by atoms with Crippen LogP contribution in [0.15, 0.2) is 30.5 Å². The van der Waals surface area contributed by atoms with E-state index in [1.807, 2.05) is 10.8 Å². The van der Waals surface area contributed by atoms with Gasteiger partial charge in [-0.15, -0.1) is 0 Å². The fourth-order valence-electron chi connectivity index (χ4n) is 10.3. The number of aryl methyl sites for hydroxylation is 1. The molecular weight excluding hydrogens is 458 g/mol. The molecule has 4 fully saturated rings. The van der Waals surface area contributed by atoms with E-state index >= 15 is 0 Å². The zero-order valence-electron chi connectivity index (χ0n) is 23.3. The van der Waals surface area contributed by atoms with Crippen LogP contribution in [0.5, 0.6) is 0 Å². The molecule has 0 saturated heterocycles. The average molecular weight is 506 g/mol. The van der Waals surface area contributed by atoms with E-state index < -0.39 is 0 Å². The zero-order valence-corrected chi connectivity index (χ0v) is 23.3. The molecule has 0 radical (unpaired) electrons. The lowest BCUT2D eigenvalue weighted by Gasteiger charge is -2.62. The zero-order chi connectivity index (χ0) is 26.1. The molecule has 4 heteroatoms. The molecule has 2 N–H and O–H groups in total. The molecule has 202 valence electrons. The van der Waals surface area contributed by atoms with Gasteiger partial charge in [-0.25, -0.2) is 0 Å². The Hall–Kier alpha value is -1.65. The molecule has 4 saturated carbocycles. The van der Waals surface area contributed by atoms with Crippen molar-refractivity contribution in [2.45, 2.75) is 104 Å². The number of rotatable bonds is 4. The van der Waals surface area contributed by atoms with Crippen molar-refractivity contribution >= 4 is 16.8 Å². The molecule has 6 rings (SSSR count). The number of aliphatic hydroxyl groups excluding tert-OH is 2. The minimum absolute atomic E-state index is 0.177. The smallest absolute Gasteiger partial charge is 0.231 e. The molecule has 1 heterocycles. The van der Waals surface area contributed by atoms with Crippen LogP contribution in [0, 0.1) is 53.3 Å². The van der Waals surface area contributed by atoms with Crippen molar-refractivity contribution in [1.29, 1.82) is 0 Å². The van der Waals surface area contributed by atoms with Gasteiger partial charge in [0.1, 0.15) is 0 Å².